The highest BCUT2D eigenvalue weighted by Crippen LogP contribution is 2.24. The average Bonchev–Trinajstić information content (AvgIpc) is 2.94. The van der Waals surface area contributed by atoms with Gasteiger partial charge in [0.25, 0.3) is 5.91 Å². The van der Waals surface area contributed by atoms with Gasteiger partial charge in [-0.25, -0.2) is 4.98 Å². The molecule has 5 rings (SSSR count). The number of likely N-dealkylation sites (tertiary alicyclic amines) is 1. The van der Waals surface area contributed by atoms with Gasteiger partial charge in [0.15, 0.2) is 0 Å². The van der Waals surface area contributed by atoms with Crippen molar-refractivity contribution in [2.75, 3.05) is 49.6 Å². The molecule has 2 saturated heterocycles. The van der Waals surface area contributed by atoms with Crippen LogP contribution in [0.15, 0.2) is 42.6 Å². The third kappa shape index (κ3) is 6.87. The van der Waals surface area contributed by atoms with E-state index >= 15 is 0 Å². The first kappa shape index (κ1) is 25.7. The number of morpholine rings is 1. The van der Waals surface area contributed by atoms with E-state index in [1.807, 2.05) is 24.3 Å². The van der Waals surface area contributed by atoms with Crippen LogP contribution in [0.1, 0.15) is 60.9 Å². The van der Waals surface area contributed by atoms with Crippen LogP contribution in [-0.4, -0.2) is 67.1 Å². The number of carbonyl (C=O) groups is 2. The Morgan fingerprint density at radius 2 is 1.73 bits per heavy atom. The number of hydrogen-bond donors (Lipinski definition) is 2. The lowest BCUT2D eigenvalue weighted by Gasteiger charge is -2.32. The number of anilines is 2. The zero-order chi connectivity index (χ0) is 25.5. The van der Waals surface area contributed by atoms with E-state index in [-0.39, 0.29) is 17.7 Å². The minimum Gasteiger partial charge on any atom is -0.378 e. The Hall–Kier alpha value is -2.97. The summed E-state index contributed by atoms with van der Waals surface area (Å²) in [6.45, 7) is 5.38. The molecule has 2 amide bonds. The third-order valence-electron chi connectivity index (χ3n) is 7.84. The molecule has 1 aliphatic carbocycles. The van der Waals surface area contributed by atoms with E-state index in [1.54, 1.807) is 12.3 Å². The maximum Gasteiger partial charge on any atom is 0.259 e. The first-order chi connectivity index (χ1) is 18.2. The SMILES string of the molecule is O=C(Nc1cccc(CN2CCC(C(=O)NC3CCCCC3)CC2)c1)c1cccnc1N1CCOCC1. The van der Waals surface area contributed by atoms with Crippen LogP contribution in [0.25, 0.3) is 0 Å². The molecule has 3 aliphatic rings. The lowest BCUT2D eigenvalue weighted by Crippen LogP contribution is -2.44. The first-order valence-electron chi connectivity index (χ1n) is 13.9. The van der Waals surface area contributed by atoms with E-state index in [9.17, 15) is 9.59 Å². The molecule has 198 valence electrons. The Balaban J connectivity index is 1.14. The molecule has 3 fully saturated rings. The summed E-state index contributed by atoms with van der Waals surface area (Å²) in [6, 6.07) is 12.1. The summed E-state index contributed by atoms with van der Waals surface area (Å²) in [5.41, 5.74) is 2.51. The largest absolute Gasteiger partial charge is 0.378 e. The van der Waals surface area contributed by atoms with Crippen LogP contribution in [0.4, 0.5) is 11.5 Å². The zero-order valence-corrected chi connectivity index (χ0v) is 21.7. The number of ether oxygens (including phenoxy) is 1. The number of hydrogen-bond acceptors (Lipinski definition) is 6. The van der Waals surface area contributed by atoms with Crippen LogP contribution >= 0.6 is 0 Å². The van der Waals surface area contributed by atoms with Crippen molar-refractivity contribution in [2.45, 2.75) is 57.5 Å². The summed E-state index contributed by atoms with van der Waals surface area (Å²) in [5, 5.41) is 6.37. The number of amides is 2. The Morgan fingerprint density at radius 1 is 0.946 bits per heavy atom. The molecule has 8 nitrogen and oxygen atoms in total. The average molecular weight is 506 g/mol. The normalized spacial score (nSPS) is 19.9. The highest BCUT2D eigenvalue weighted by Gasteiger charge is 2.27. The van der Waals surface area contributed by atoms with Gasteiger partial charge in [0.05, 0.1) is 18.8 Å². The Kier molecular flexibility index (Phi) is 8.68. The number of rotatable bonds is 7. The Labute approximate surface area is 219 Å². The molecular weight excluding hydrogens is 466 g/mol. The summed E-state index contributed by atoms with van der Waals surface area (Å²) in [4.78, 5) is 34.9. The van der Waals surface area contributed by atoms with E-state index in [4.69, 9.17) is 4.74 Å². The minimum absolute atomic E-state index is 0.129. The second-order valence-electron chi connectivity index (χ2n) is 10.5. The van der Waals surface area contributed by atoms with Gasteiger partial charge in [-0.2, -0.15) is 0 Å². The van der Waals surface area contributed by atoms with E-state index < -0.39 is 0 Å². The fraction of sp³-hybridized carbons (Fsp3) is 0.552. The van der Waals surface area contributed by atoms with Gasteiger partial charge in [0, 0.05) is 43.5 Å². The van der Waals surface area contributed by atoms with E-state index in [0.29, 0.717) is 30.6 Å². The van der Waals surface area contributed by atoms with Crippen LogP contribution in [0.2, 0.25) is 0 Å². The smallest absolute Gasteiger partial charge is 0.259 e. The van der Waals surface area contributed by atoms with Gasteiger partial charge in [0.1, 0.15) is 5.82 Å². The fourth-order valence-corrected chi connectivity index (χ4v) is 5.72. The minimum atomic E-state index is -0.156. The molecule has 2 aromatic rings. The number of piperidine rings is 1. The second kappa shape index (κ2) is 12.5. The van der Waals surface area contributed by atoms with Gasteiger partial charge in [0.2, 0.25) is 5.91 Å². The monoisotopic (exact) mass is 505 g/mol. The molecular formula is C29H39N5O3. The Morgan fingerprint density at radius 3 is 2.51 bits per heavy atom. The molecule has 37 heavy (non-hydrogen) atoms. The summed E-state index contributed by atoms with van der Waals surface area (Å²) < 4.78 is 5.45. The van der Waals surface area contributed by atoms with Crippen molar-refractivity contribution in [2.24, 2.45) is 5.92 Å². The van der Waals surface area contributed by atoms with Gasteiger partial charge in [-0.3, -0.25) is 14.5 Å². The summed E-state index contributed by atoms with van der Waals surface area (Å²) in [5.74, 6) is 0.929. The summed E-state index contributed by atoms with van der Waals surface area (Å²) in [7, 11) is 0. The molecule has 0 radical (unpaired) electrons. The topological polar surface area (TPSA) is 86.8 Å². The molecule has 0 atom stereocenters. The van der Waals surface area contributed by atoms with E-state index in [0.717, 1.165) is 69.7 Å². The number of nitrogens with zero attached hydrogens (tertiary/aromatic N) is 3. The molecule has 2 N–H and O–H groups in total. The molecule has 3 heterocycles. The first-order valence-corrected chi connectivity index (χ1v) is 13.9. The summed E-state index contributed by atoms with van der Waals surface area (Å²) >= 11 is 0. The standard InChI is InChI=1S/C29H39N5O3/c35-28(31-24-7-2-1-3-8-24)23-11-14-33(15-12-23)21-22-6-4-9-25(20-22)32-29(36)26-10-5-13-30-27(26)34-16-18-37-19-17-34/h4-6,9-10,13,20,23-24H,1-3,7-8,11-12,14-19,21H2,(H,31,35)(H,32,36). The van der Waals surface area contributed by atoms with Crippen molar-refractivity contribution < 1.29 is 14.3 Å². The van der Waals surface area contributed by atoms with Gasteiger partial charge in [-0.15, -0.1) is 0 Å². The van der Waals surface area contributed by atoms with Gasteiger partial charge >= 0.3 is 0 Å². The molecule has 1 aromatic carbocycles. The molecule has 0 bridgehead atoms. The van der Waals surface area contributed by atoms with Gasteiger partial charge in [-0.1, -0.05) is 31.4 Å². The molecule has 1 saturated carbocycles. The van der Waals surface area contributed by atoms with Crippen LogP contribution in [0, 0.1) is 5.92 Å². The van der Waals surface area contributed by atoms with Crippen molar-refractivity contribution in [1.82, 2.24) is 15.2 Å². The lowest BCUT2D eigenvalue weighted by molar-refractivity contribution is -0.127. The van der Waals surface area contributed by atoms with Gasteiger partial charge in [-0.05, 0) is 68.6 Å². The van der Waals surface area contributed by atoms with Crippen LogP contribution in [0.3, 0.4) is 0 Å². The van der Waals surface area contributed by atoms with Crippen molar-refractivity contribution >= 4 is 23.3 Å². The quantitative estimate of drug-likeness (QED) is 0.595. The molecule has 0 spiro atoms. The molecule has 8 heteroatoms. The third-order valence-corrected chi connectivity index (χ3v) is 7.84. The van der Waals surface area contributed by atoms with Crippen LogP contribution in [0.5, 0.6) is 0 Å². The maximum absolute atomic E-state index is 13.2. The van der Waals surface area contributed by atoms with Crippen LogP contribution < -0.4 is 15.5 Å². The van der Waals surface area contributed by atoms with Gasteiger partial charge < -0.3 is 20.3 Å². The van der Waals surface area contributed by atoms with E-state index in [2.05, 4.69) is 31.5 Å². The van der Waals surface area contributed by atoms with Crippen molar-refractivity contribution in [1.29, 1.82) is 0 Å². The van der Waals surface area contributed by atoms with E-state index in [1.165, 1.54) is 19.3 Å². The predicted octanol–water partition coefficient (Wildman–Crippen LogP) is 3.83. The fourth-order valence-electron chi connectivity index (χ4n) is 5.72. The van der Waals surface area contributed by atoms with Crippen molar-refractivity contribution in [3.63, 3.8) is 0 Å². The number of benzene rings is 1. The molecule has 1 aromatic heterocycles. The summed E-state index contributed by atoms with van der Waals surface area (Å²) in [6.07, 6.45) is 9.57. The number of aromatic nitrogens is 1. The second-order valence-corrected chi connectivity index (χ2v) is 10.5. The molecule has 2 aliphatic heterocycles. The maximum atomic E-state index is 13.2. The number of pyridine rings is 1. The predicted molar refractivity (Wildman–Crippen MR) is 145 cm³/mol. The van der Waals surface area contributed by atoms with Crippen molar-refractivity contribution in [3.8, 4) is 0 Å². The molecule has 0 unspecified atom stereocenters. The highest BCUT2D eigenvalue weighted by atomic mass is 16.5. The highest BCUT2D eigenvalue weighted by molar-refractivity contribution is 6.07. The zero-order valence-electron chi connectivity index (χ0n) is 21.7. The Bertz CT molecular complexity index is 1060. The lowest BCUT2D eigenvalue weighted by atomic mass is 9.92. The van der Waals surface area contributed by atoms with Crippen LogP contribution in [-0.2, 0) is 16.1 Å². The number of carbonyl (C=O) groups excluding carboxylic acids is 2. The number of nitrogens with one attached hydrogen (secondary N) is 2. The van der Waals surface area contributed by atoms with Crippen molar-refractivity contribution in [3.05, 3.63) is 53.7 Å².